The van der Waals surface area contributed by atoms with Crippen LogP contribution < -0.4 is 9.80 Å². The lowest BCUT2D eigenvalue weighted by Gasteiger charge is -2.45. The molecule has 7 heteroatoms. The van der Waals surface area contributed by atoms with Crippen molar-refractivity contribution in [1.82, 2.24) is 4.90 Å². The molecule has 1 saturated heterocycles. The zero-order valence-corrected chi connectivity index (χ0v) is 13.9. The molecule has 3 rings (SSSR count). The first-order valence-corrected chi connectivity index (χ1v) is 8.05. The lowest BCUT2D eigenvalue weighted by Crippen LogP contribution is -2.56. The molecule has 2 amide bonds. The summed E-state index contributed by atoms with van der Waals surface area (Å²) < 4.78 is 0. The number of hydrogen-bond acceptors (Lipinski definition) is 4. The second-order valence-corrected chi connectivity index (χ2v) is 6.43. The van der Waals surface area contributed by atoms with E-state index in [1.165, 1.54) is 9.80 Å². The van der Waals surface area contributed by atoms with Crippen molar-refractivity contribution >= 4 is 29.2 Å². The predicted molar refractivity (Wildman–Crippen MR) is 89.4 cm³/mol. The molecule has 1 aromatic carbocycles. The van der Waals surface area contributed by atoms with E-state index in [9.17, 15) is 19.5 Å². The van der Waals surface area contributed by atoms with E-state index in [-0.39, 0.29) is 17.9 Å². The number of rotatable bonds is 3. The van der Waals surface area contributed by atoms with Crippen LogP contribution in [-0.4, -0.2) is 61.0 Å². The maximum atomic E-state index is 12.8. The zero-order chi connectivity index (χ0) is 17.4. The van der Waals surface area contributed by atoms with Crippen LogP contribution in [-0.2, 0) is 9.59 Å². The highest BCUT2D eigenvalue weighted by atomic mass is 16.4. The molecule has 0 aromatic heterocycles. The highest BCUT2D eigenvalue weighted by Crippen LogP contribution is 2.40. The van der Waals surface area contributed by atoms with Crippen LogP contribution in [0.1, 0.15) is 29.6 Å². The number of hydrogen-bond donors (Lipinski definition) is 1. The van der Waals surface area contributed by atoms with Gasteiger partial charge in [-0.15, -0.1) is 0 Å². The van der Waals surface area contributed by atoms with E-state index < -0.39 is 12.5 Å². The largest absolute Gasteiger partial charge is 0.480 e. The van der Waals surface area contributed by atoms with Crippen molar-refractivity contribution in [2.45, 2.75) is 25.3 Å². The number of carboxylic acid groups (broad SMARTS) is 1. The Morgan fingerprint density at radius 1 is 1.25 bits per heavy atom. The zero-order valence-electron chi connectivity index (χ0n) is 13.9. The number of aliphatic carboxylic acids is 1. The van der Waals surface area contributed by atoms with Crippen molar-refractivity contribution < 1.29 is 19.5 Å². The second kappa shape index (κ2) is 6.14. The van der Waals surface area contributed by atoms with E-state index in [2.05, 4.69) is 0 Å². The molecule has 2 aliphatic rings. The van der Waals surface area contributed by atoms with E-state index in [0.29, 0.717) is 11.3 Å². The maximum absolute atomic E-state index is 12.8. The first-order valence-electron chi connectivity index (χ1n) is 8.05. The van der Waals surface area contributed by atoms with Crippen molar-refractivity contribution in [3.8, 4) is 0 Å². The minimum atomic E-state index is -1.07. The molecule has 128 valence electrons. The first kappa shape index (κ1) is 16.3. The molecule has 1 N–H and O–H groups in total. The molecule has 0 spiro atoms. The fraction of sp³-hybridized carbons (Fsp3) is 0.471. The first-order chi connectivity index (χ1) is 11.4. The van der Waals surface area contributed by atoms with Crippen LogP contribution in [0.2, 0.25) is 0 Å². The average molecular weight is 331 g/mol. The summed E-state index contributed by atoms with van der Waals surface area (Å²) in [5, 5.41) is 9.19. The summed E-state index contributed by atoms with van der Waals surface area (Å²) >= 11 is 0. The number of anilines is 2. The molecule has 0 radical (unpaired) electrons. The van der Waals surface area contributed by atoms with Crippen molar-refractivity contribution in [2.75, 3.05) is 37.0 Å². The Morgan fingerprint density at radius 2 is 2.00 bits per heavy atom. The van der Waals surface area contributed by atoms with E-state index in [0.717, 1.165) is 31.5 Å². The van der Waals surface area contributed by atoms with Crippen molar-refractivity contribution in [1.29, 1.82) is 0 Å². The minimum absolute atomic E-state index is 0.179. The normalized spacial score (nSPS) is 19.6. The molecule has 0 bridgehead atoms. The summed E-state index contributed by atoms with van der Waals surface area (Å²) in [5.41, 5.74) is 1.78. The summed E-state index contributed by atoms with van der Waals surface area (Å²) in [6, 6.07) is 4.89. The SMILES string of the molecule is CN(C)C(=O)c1ccc2c(c1)N(CC(=O)O)C(=O)[C@H]1CCCCN21. The molecule has 24 heavy (non-hydrogen) atoms. The fourth-order valence-electron chi connectivity index (χ4n) is 3.45. The van der Waals surface area contributed by atoms with Crippen LogP contribution >= 0.6 is 0 Å². The summed E-state index contributed by atoms with van der Waals surface area (Å²) in [5.74, 6) is -1.44. The Bertz CT molecular complexity index is 701. The van der Waals surface area contributed by atoms with Gasteiger partial charge >= 0.3 is 5.97 Å². The summed E-state index contributed by atoms with van der Waals surface area (Å²) in [7, 11) is 3.31. The topological polar surface area (TPSA) is 81.2 Å². The molecular formula is C17H21N3O4. The van der Waals surface area contributed by atoms with Gasteiger partial charge in [0.15, 0.2) is 0 Å². The molecule has 0 aliphatic carbocycles. The van der Waals surface area contributed by atoms with Gasteiger partial charge in [-0.3, -0.25) is 19.3 Å². The van der Waals surface area contributed by atoms with Gasteiger partial charge in [0.25, 0.3) is 5.91 Å². The van der Waals surface area contributed by atoms with E-state index >= 15 is 0 Å². The highest BCUT2D eigenvalue weighted by molar-refractivity contribution is 6.09. The van der Waals surface area contributed by atoms with E-state index in [1.807, 2.05) is 11.0 Å². The number of nitrogens with zero attached hydrogens (tertiary/aromatic N) is 3. The van der Waals surface area contributed by atoms with Crippen molar-refractivity contribution in [3.05, 3.63) is 23.8 Å². The standard InChI is InChI=1S/C17H21N3O4/c1-18(2)16(23)11-6-7-12-14(9-11)20(10-15(21)22)17(24)13-5-3-4-8-19(12)13/h6-7,9,13H,3-5,8,10H2,1-2H3,(H,21,22)/t13-/m1/s1. The summed E-state index contributed by atoms with van der Waals surface area (Å²) in [6.45, 7) is 0.376. The number of carbonyl (C=O) groups is 3. The fourth-order valence-corrected chi connectivity index (χ4v) is 3.45. The highest BCUT2D eigenvalue weighted by Gasteiger charge is 2.40. The predicted octanol–water partition coefficient (Wildman–Crippen LogP) is 1.18. The van der Waals surface area contributed by atoms with Gasteiger partial charge in [0.2, 0.25) is 5.91 Å². The third-order valence-corrected chi connectivity index (χ3v) is 4.58. The smallest absolute Gasteiger partial charge is 0.323 e. The van der Waals surface area contributed by atoms with Crippen LogP contribution in [0.5, 0.6) is 0 Å². The Kier molecular flexibility index (Phi) is 4.17. The van der Waals surface area contributed by atoms with Gasteiger partial charge in [0, 0.05) is 26.2 Å². The van der Waals surface area contributed by atoms with Crippen molar-refractivity contribution in [2.24, 2.45) is 0 Å². The van der Waals surface area contributed by atoms with Gasteiger partial charge in [-0.1, -0.05) is 0 Å². The maximum Gasteiger partial charge on any atom is 0.323 e. The average Bonchev–Trinajstić information content (AvgIpc) is 2.57. The molecule has 1 aromatic rings. The molecule has 1 atom stereocenters. The summed E-state index contributed by atoms with van der Waals surface area (Å²) in [4.78, 5) is 41.0. The van der Waals surface area contributed by atoms with Crippen LogP contribution in [0.15, 0.2) is 18.2 Å². The molecule has 7 nitrogen and oxygen atoms in total. The Hall–Kier alpha value is -2.57. The van der Waals surface area contributed by atoms with Gasteiger partial charge in [0.1, 0.15) is 12.6 Å². The summed E-state index contributed by atoms with van der Waals surface area (Å²) in [6.07, 6.45) is 2.69. The Morgan fingerprint density at radius 3 is 2.67 bits per heavy atom. The lowest BCUT2D eigenvalue weighted by atomic mass is 9.95. The Labute approximate surface area is 140 Å². The van der Waals surface area contributed by atoms with Crippen molar-refractivity contribution in [3.63, 3.8) is 0 Å². The number of amides is 2. The van der Waals surface area contributed by atoms with Crippen LogP contribution in [0.3, 0.4) is 0 Å². The monoisotopic (exact) mass is 331 g/mol. The molecule has 2 aliphatic heterocycles. The quantitative estimate of drug-likeness (QED) is 0.899. The van der Waals surface area contributed by atoms with Crippen LogP contribution in [0.25, 0.3) is 0 Å². The Balaban J connectivity index is 2.09. The number of carbonyl (C=O) groups excluding carboxylic acids is 2. The lowest BCUT2D eigenvalue weighted by molar-refractivity contribution is -0.137. The minimum Gasteiger partial charge on any atom is -0.480 e. The van der Waals surface area contributed by atoms with Gasteiger partial charge in [0.05, 0.1) is 11.4 Å². The van der Waals surface area contributed by atoms with Gasteiger partial charge in [-0.05, 0) is 37.5 Å². The van der Waals surface area contributed by atoms with Gasteiger partial charge in [-0.2, -0.15) is 0 Å². The molecular weight excluding hydrogens is 310 g/mol. The third kappa shape index (κ3) is 2.70. The molecule has 1 fully saturated rings. The van der Waals surface area contributed by atoms with Crippen LogP contribution in [0, 0.1) is 0 Å². The van der Waals surface area contributed by atoms with E-state index in [1.54, 1.807) is 26.2 Å². The van der Waals surface area contributed by atoms with Gasteiger partial charge < -0.3 is 14.9 Å². The third-order valence-electron chi connectivity index (χ3n) is 4.58. The second-order valence-electron chi connectivity index (χ2n) is 6.43. The van der Waals surface area contributed by atoms with E-state index in [4.69, 9.17) is 0 Å². The molecule has 0 saturated carbocycles. The number of piperidine rings is 1. The molecule has 0 unspecified atom stereocenters. The number of fused-ring (bicyclic) bond motifs is 3. The van der Waals surface area contributed by atoms with Crippen LogP contribution in [0.4, 0.5) is 11.4 Å². The number of benzene rings is 1. The molecule has 2 heterocycles. The van der Waals surface area contributed by atoms with Gasteiger partial charge in [-0.25, -0.2) is 0 Å². The number of carboxylic acids is 1.